The maximum atomic E-state index is 14.3. The van der Waals surface area contributed by atoms with E-state index in [2.05, 4.69) is 71.1 Å². The molecule has 8 nitrogen and oxygen atoms in total. The fourth-order valence-corrected chi connectivity index (χ4v) is 5.73. The van der Waals surface area contributed by atoms with Crippen LogP contribution in [0.3, 0.4) is 0 Å². The van der Waals surface area contributed by atoms with E-state index in [4.69, 9.17) is 0 Å². The van der Waals surface area contributed by atoms with Crippen molar-refractivity contribution in [3.05, 3.63) is 81.0 Å². The molecule has 1 saturated heterocycles. The average molecular weight is 617 g/mol. The molecule has 36 heavy (non-hydrogen) atoms. The number of nitrogens with one attached hydrogen (secondary N) is 1. The van der Waals surface area contributed by atoms with Crippen molar-refractivity contribution in [3.8, 4) is 16.8 Å². The molecule has 0 aliphatic carbocycles. The number of aromatic nitrogens is 5. The lowest BCUT2D eigenvalue weighted by molar-refractivity contribution is 0.0261. The van der Waals surface area contributed by atoms with Crippen LogP contribution in [0.2, 0.25) is 0 Å². The first-order valence-corrected chi connectivity index (χ1v) is 13.1. The van der Waals surface area contributed by atoms with Crippen molar-refractivity contribution in [2.75, 3.05) is 13.1 Å². The molecule has 186 valence electrons. The lowest BCUT2D eigenvalue weighted by Gasteiger charge is -2.44. The van der Waals surface area contributed by atoms with Crippen LogP contribution in [0.1, 0.15) is 30.0 Å². The molecule has 1 aliphatic rings. The molecule has 1 N–H and O–H groups in total. The number of carbonyl (C=O) groups excluding carboxylic acids is 1. The number of para-hydroxylation sites is 1. The number of piperazine rings is 1. The largest absolute Gasteiger partial charge is 0.334 e. The highest BCUT2D eigenvalue weighted by Crippen LogP contribution is 2.31. The van der Waals surface area contributed by atoms with Gasteiger partial charge in [-0.05, 0) is 63.4 Å². The van der Waals surface area contributed by atoms with E-state index >= 15 is 0 Å². The Morgan fingerprint density at radius 1 is 1.08 bits per heavy atom. The summed E-state index contributed by atoms with van der Waals surface area (Å²) in [5.41, 5.74) is 3.14. The number of aromatic amines is 1. The summed E-state index contributed by atoms with van der Waals surface area (Å²) in [6.45, 7) is 5.82. The molecule has 0 unspecified atom stereocenters. The van der Waals surface area contributed by atoms with Crippen LogP contribution in [0.5, 0.6) is 0 Å². The molecular weight excluding hydrogens is 593 g/mol. The predicted octanol–water partition coefficient (Wildman–Crippen LogP) is 5.06. The Morgan fingerprint density at radius 3 is 2.50 bits per heavy atom. The minimum Gasteiger partial charge on any atom is -0.334 e. The molecule has 0 radical (unpaired) electrons. The van der Waals surface area contributed by atoms with Gasteiger partial charge in [0, 0.05) is 41.8 Å². The van der Waals surface area contributed by atoms with Crippen molar-refractivity contribution in [1.82, 2.24) is 35.0 Å². The average Bonchev–Trinajstić information content (AvgIpc) is 3.48. The monoisotopic (exact) mass is 615 g/mol. The summed E-state index contributed by atoms with van der Waals surface area (Å²) in [4.78, 5) is 17.7. The fraction of sp³-hybridized carbons (Fsp3) is 0.280. The summed E-state index contributed by atoms with van der Waals surface area (Å²) in [6, 6.07) is 14.7. The minimum atomic E-state index is -0.380. The number of carbonyl (C=O) groups is 1. The molecular formula is C25H24Br2FN7O. The van der Waals surface area contributed by atoms with E-state index in [9.17, 15) is 9.18 Å². The van der Waals surface area contributed by atoms with E-state index in [0.29, 0.717) is 40.1 Å². The zero-order valence-electron chi connectivity index (χ0n) is 19.7. The summed E-state index contributed by atoms with van der Waals surface area (Å²) < 4.78 is 17.1. The van der Waals surface area contributed by atoms with Crippen molar-refractivity contribution in [2.45, 2.75) is 32.5 Å². The van der Waals surface area contributed by atoms with Gasteiger partial charge in [-0.1, -0.05) is 41.6 Å². The van der Waals surface area contributed by atoms with Gasteiger partial charge in [0.25, 0.3) is 5.91 Å². The molecule has 1 fully saturated rings. The SMILES string of the molecule is C[C@@H]1CN(C(=O)c2n[nH]c(Br)c2-c2ccccc2)C[C@H](C)N1Cc1cn(-c2c(F)cccc2Br)nn1. The predicted molar refractivity (Wildman–Crippen MR) is 141 cm³/mol. The molecule has 2 aromatic heterocycles. The van der Waals surface area contributed by atoms with Gasteiger partial charge in [0.15, 0.2) is 5.69 Å². The van der Waals surface area contributed by atoms with E-state index < -0.39 is 0 Å². The van der Waals surface area contributed by atoms with Crippen LogP contribution in [0, 0.1) is 5.82 Å². The first-order chi connectivity index (χ1) is 17.3. The Hall–Kier alpha value is -2.89. The normalized spacial score (nSPS) is 18.5. The smallest absolute Gasteiger partial charge is 0.275 e. The number of rotatable bonds is 5. The molecule has 0 spiro atoms. The number of H-pyrrole nitrogens is 1. The Labute approximate surface area is 224 Å². The third-order valence-electron chi connectivity index (χ3n) is 6.43. The quantitative estimate of drug-likeness (QED) is 0.339. The molecule has 0 bridgehead atoms. The molecule has 11 heteroatoms. The zero-order chi connectivity index (χ0) is 25.4. The lowest BCUT2D eigenvalue weighted by atomic mass is 10.0. The lowest BCUT2D eigenvalue weighted by Crippen LogP contribution is -2.57. The van der Waals surface area contributed by atoms with Gasteiger partial charge in [0.05, 0.1) is 11.9 Å². The second-order valence-electron chi connectivity index (χ2n) is 8.93. The molecule has 5 rings (SSSR count). The molecule has 2 atom stereocenters. The van der Waals surface area contributed by atoms with E-state index in [-0.39, 0.29) is 23.8 Å². The van der Waals surface area contributed by atoms with Gasteiger partial charge in [-0.15, -0.1) is 5.10 Å². The standard InChI is InChI=1S/C25H24Br2FN7O/c1-15-11-33(25(36)22-21(24(27)31-30-22)17-7-4-3-5-8-17)12-16(2)34(15)13-18-14-35(32-29-18)23-19(26)9-6-10-20(23)28/h3-10,14-16H,11-13H2,1-2H3,(H,30,31)/t15-,16+. The first kappa shape index (κ1) is 24.8. The highest BCUT2D eigenvalue weighted by Gasteiger charge is 2.34. The van der Waals surface area contributed by atoms with Crippen molar-refractivity contribution in [1.29, 1.82) is 0 Å². The second kappa shape index (κ2) is 10.2. The number of amides is 1. The van der Waals surface area contributed by atoms with E-state index in [1.807, 2.05) is 35.2 Å². The summed E-state index contributed by atoms with van der Waals surface area (Å²) in [5.74, 6) is -0.487. The maximum Gasteiger partial charge on any atom is 0.275 e. The maximum absolute atomic E-state index is 14.3. The number of hydrogen-bond donors (Lipinski definition) is 1. The Balaban J connectivity index is 1.31. The highest BCUT2D eigenvalue weighted by atomic mass is 79.9. The number of halogens is 3. The first-order valence-electron chi connectivity index (χ1n) is 11.5. The van der Waals surface area contributed by atoms with E-state index in [0.717, 1.165) is 16.8 Å². The molecule has 1 amide bonds. The molecule has 4 aromatic rings. The Bertz CT molecular complexity index is 1360. The highest BCUT2D eigenvalue weighted by molar-refractivity contribution is 9.10. The van der Waals surface area contributed by atoms with Gasteiger partial charge >= 0.3 is 0 Å². The van der Waals surface area contributed by atoms with Crippen molar-refractivity contribution in [3.63, 3.8) is 0 Å². The summed E-state index contributed by atoms with van der Waals surface area (Å²) >= 11 is 6.89. The second-order valence-corrected chi connectivity index (χ2v) is 10.6. The van der Waals surface area contributed by atoms with Crippen molar-refractivity contribution < 1.29 is 9.18 Å². The summed E-state index contributed by atoms with van der Waals surface area (Å²) in [5, 5.41) is 15.6. The summed E-state index contributed by atoms with van der Waals surface area (Å²) in [6.07, 6.45) is 1.74. The molecule has 0 saturated carbocycles. The van der Waals surface area contributed by atoms with Gasteiger partial charge in [-0.2, -0.15) is 5.10 Å². The summed E-state index contributed by atoms with van der Waals surface area (Å²) in [7, 11) is 0. The molecule has 2 aromatic carbocycles. The third kappa shape index (κ3) is 4.74. The minimum absolute atomic E-state index is 0.0746. The number of hydrogen-bond acceptors (Lipinski definition) is 5. The Kier molecular flexibility index (Phi) is 7.05. The van der Waals surface area contributed by atoms with Gasteiger partial charge < -0.3 is 4.90 Å². The van der Waals surface area contributed by atoms with E-state index in [1.54, 1.807) is 18.3 Å². The third-order valence-corrected chi connectivity index (χ3v) is 7.64. The van der Waals surface area contributed by atoms with Crippen LogP contribution in [0.25, 0.3) is 16.8 Å². The van der Waals surface area contributed by atoms with Crippen LogP contribution in [-0.4, -0.2) is 66.1 Å². The van der Waals surface area contributed by atoms with Gasteiger partial charge in [-0.3, -0.25) is 14.8 Å². The van der Waals surface area contributed by atoms with Gasteiger partial charge in [-0.25, -0.2) is 9.07 Å². The number of benzene rings is 2. The van der Waals surface area contributed by atoms with Crippen LogP contribution in [-0.2, 0) is 6.54 Å². The molecule has 1 aliphatic heterocycles. The number of nitrogens with zero attached hydrogens (tertiary/aromatic N) is 6. The van der Waals surface area contributed by atoms with Gasteiger partial charge in [0.1, 0.15) is 16.1 Å². The molecule has 3 heterocycles. The van der Waals surface area contributed by atoms with Crippen LogP contribution >= 0.6 is 31.9 Å². The van der Waals surface area contributed by atoms with Crippen LogP contribution in [0.15, 0.2) is 63.8 Å². The van der Waals surface area contributed by atoms with Crippen molar-refractivity contribution >= 4 is 37.8 Å². The van der Waals surface area contributed by atoms with E-state index in [1.165, 1.54) is 10.7 Å². The Morgan fingerprint density at radius 2 is 1.81 bits per heavy atom. The topological polar surface area (TPSA) is 82.9 Å². The van der Waals surface area contributed by atoms with Crippen molar-refractivity contribution in [2.24, 2.45) is 0 Å². The zero-order valence-corrected chi connectivity index (χ0v) is 22.9. The van der Waals surface area contributed by atoms with Crippen LogP contribution in [0.4, 0.5) is 4.39 Å². The van der Waals surface area contributed by atoms with Gasteiger partial charge in [0.2, 0.25) is 0 Å². The fourth-order valence-electron chi connectivity index (χ4n) is 4.70. The van der Waals surface area contributed by atoms with Crippen LogP contribution < -0.4 is 0 Å².